The number of likely N-dealkylation sites (N-methyl/N-ethyl adjacent to an activating group) is 1. The van der Waals surface area contributed by atoms with E-state index >= 15 is 0 Å². The molecule has 0 aromatic carbocycles. The Morgan fingerprint density at radius 2 is 1.81 bits per heavy atom. The van der Waals surface area contributed by atoms with Crippen molar-refractivity contribution in [2.45, 2.75) is 50.2 Å². The van der Waals surface area contributed by atoms with E-state index in [9.17, 15) is 9.59 Å². The Morgan fingerprint density at radius 1 is 1.12 bits per heavy atom. The van der Waals surface area contributed by atoms with Gasteiger partial charge in [-0.05, 0) is 32.1 Å². The van der Waals surface area contributed by atoms with Crippen LogP contribution in [0, 0.1) is 5.92 Å². The molecule has 3 aliphatic rings. The van der Waals surface area contributed by atoms with Gasteiger partial charge >= 0.3 is 0 Å². The fourth-order valence-corrected chi connectivity index (χ4v) is 4.13. The van der Waals surface area contributed by atoms with Crippen LogP contribution in [0.3, 0.4) is 0 Å². The van der Waals surface area contributed by atoms with Crippen LogP contribution < -0.4 is 0 Å². The maximum atomic E-state index is 12.7. The summed E-state index contributed by atoms with van der Waals surface area (Å²) < 4.78 is 17.3. The number of ether oxygens (including phenoxy) is 3. The van der Waals surface area contributed by atoms with Gasteiger partial charge in [0, 0.05) is 59.3 Å². The van der Waals surface area contributed by atoms with Crippen LogP contribution in [0.5, 0.6) is 0 Å². The minimum Gasteiger partial charge on any atom is -0.381 e. The molecule has 0 saturated carbocycles. The molecular weight excluding hydrogens is 336 g/mol. The summed E-state index contributed by atoms with van der Waals surface area (Å²) in [7, 11) is 3.48. The predicted octanol–water partition coefficient (Wildman–Crippen LogP) is 1.06. The molecule has 7 nitrogen and oxygen atoms in total. The van der Waals surface area contributed by atoms with Crippen LogP contribution in [0.4, 0.5) is 0 Å². The molecule has 1 spiro atoms. The predicted molar refractivity (Wildman–Crippen MR) is 95.7 cm³/mol. The van der Waals surface area contributed by atoms with E-state index in [0.29, 0.717) is 19.8 Å². The van der Waals surface area contributed by atoms with Crippen LogP contribution in [0.15, 0.2) is 0 Å². The van der Waals surface area contributed by atoms with Gasteiger partial charge in [0.1, 0.15) is 6.61 Å². The maximum absolute atomic E-state index is 12.7. The molecule has 0 aromatic heterocycles. The lowest BCUT2D eigenvalue weighted by Gasteiger charge is -2.46. The van der Waals surface area contributed by atoms with Gasteiger partial charge in [0.05, 0.1) is 11.7 Å². The molecule has 1 unspecified atom stereocenters. The number of likely N-dealkylation sites (tertiary alicyclic amines) is 1. The summed E-state index contributed by atoms with van der Waals surface area (Å²) >= 11 is 0. The van der Waals surface area contributed by atoms with Crippen LogP contribution in [0.25, 0.3) is 0 Å². The highest BCUT2D eigenvalue weighted by atomic mass is 16.5. The van der Waals surface area contributed by atoms with E-state index in [1.807, 2.05) is 4.90 Å². The summed E-state index contributed by atoms with van der Waals surface area (Å²) in [4.78, 5) is 28.0. The molecular formula is C19H32N2O5. The quantitative estimate of drug-likeness (QED) is 0.742. The number of nitrogens with zero attached hydrogens (tertiary/aromatic N) is 2. The lowest BCUT2D eigenvalue weighted by atomic mass is 9.82. The van der Waals surface area contributed by atoms with E-state index in [-0.39, 0.29) is 36.0 Å². The number of piperidine rings is 1. The van der Waals surface area contributed by atoms with E-state index in [2.05, 4.69) is 0 Å². The SMILES string of the molecule is CN(C)C(=O)COC1CCOC2(CCN(C(=O)C3CCOCC3)CC2)C1. The number of hydrogen-bond acceptors (Lipinski definition) is 5. The van der Waals surface area contributed by atoms with Crippen molar-refractivity contribution in [3.63, 3.8) is 0 Å². The first-order valence-corrected chi connectivity index (χ1v) is 9.81. The normalized spacial score (nSPS) is 26.7. The summed E-state index contributed by atoms with van der Waals surface area (Å²) in [5, 5.41) is 0. The van der Waals surface area contributed by atoms with Crippen molar-refractivity contribution in [1.29, 1.82) is 0 Å². The second-order valence-electron chi connectivity index (χ2n) is 7.96. The van der Waals surface area contributed by atoms with Crippen LogP contribution in [0.2, 0.25) is 0 Å². The topological polar surface area (TPSA) is 68.3 Å². The van der Waals surface area contributed by atoms with E-state index in [1.54, 1.807) is 19.0 Å². The van der Waals surface area contributed by atoms with Gasteiger partial charge in [0.15, 0.2) is 0 Å². The van der Waals surface area contributed by atoms with Gasteiger partial charge in [-0.1, -0.05) is 0 Å². The lowest BCUT2D eigenvalue weighted by Crippen LogP contribution is -2.53. The Morgan fingerprint density at radius 3 is 2.46 bits per heavy atom. The Bertz CT molecular complexity index is 496. The van der Waals surface area contributed by atoms with Crippen LogP contribution in [-0.4, -0.2) is 86.9 Å². The molecule has 0 bridgehead atoms. The average Bonchev–Trinajstić information content (AvgIpc) is 2.67. The molecule has 0 radical (unpaired) electrons. The van der Waals surface area contributed by atoms with Crippen molar-refractivity contribution < 1.29 is 23.8 Å². The fourth-order valence-electron chi connectivity index (χ4n) is 4.13. The molecule has 0 N–H and O–H groups in total. The zero-order valence-corrected chi connectivity index (χ0v) is 16.1. The highest BCUT2D eigenvalue weighted by Gasteiger charge is 2.42. The second kappa shape index (κ2) is 8.67. The lowest BCUT2D eigenvalue weighted by molar-refractivity contribution is -0.168. The molecule has 148 valence electrons. The molecule has 1 atom stereocenters. The summed E-state index contributed by atoms with van der Waals surface area (Å²) in [5.41, 5.74) is -0.198. The minimum atomic E-state index is -0.198. The van der Waals surface area contributed by atoms with Crippen molar-refractivity contribution in [3.8, 4) is 0 Å². The Balaban J connectivity index is 1.47. The average molecular weight is 368 g/mol. The molecule has 3 saturated heterocycles. The summed E-state index contributed by atoms with van der Waals surface area (Å²) in [5.74, 6) is 0.393. The van der Waals surface area contributed by atoms with Crippen molar-refractivity contribution in [2.75, 3.05) is 53.6 Å². The van der Waals surface area contributed by atoms with Crippen molar-refractivity contribution in [1.82, 2.24) is 9.80 Å². The monoisotopic (exact) mass is 368 g/mol. The molecule has 3 fully saturated rings. The van der Waals surface area contributed by atoms with Crippen LogP contribution in [0.1, 0.15) is 38.5 Å². The van der Waals surface area contributed by atoms with E-state index in [4.69, 9.17) is 14.2 Å². The highest BCUT2D eigenvalue weighted by molar-refractivity contribution is 5.79. The standard InChI is InChI=1S/C19H32N2O5/c1-20(2)17(22)14-25-16-5-12-26-19(13-16)6-8-21(9-7-19)18(23)15-3-10-24-11-4-15/h15-16H,3-14H2,1-2H3. The number of rotatable bonds is 4. The van der Waals surface area contributed by atoms with Gasteiger partial charge < -0.3 is 24.0 Å². The second-order valence-corrected chi connectivity index (χ2v) is 7.96. The smallest absolute Gasteiger partial charge is 0.248 e. The van der Waals surface area contributed by atoms with Gasteiger partial charge in [-0.15, -0.1) is 0 Å². The fraction of sp³-hybridized carbons (Fsp3) is 0.895. The van der Waals surface area contributed by atoms with Crippen molar-refractivity contribution >= 4 is 11.8 Å². The number of carbonyl (C=O) groups is 2. The summed E-state index contributed by atoms with van der Waals surface area (Å²) in [6.45, 7) is 3.68. The molecule has 3 heterocycles. The third-order valence-corrected chi connectivity index (χ3v) is 5.95. The van der Waals surface area contributed by atoms with Gasteiger partial charge in [-0.25, -0.2) is 0 Å². The van der Waals surface area contributed by atoms with Gasteiger partial charge in [0.2, 0.25) is 11.8 Å². The van der Waals surface area contributed by atoms with E-state index in [1.165, 1.54) is 0 Å². The van der Waals surface area contributed by atoms with Crippen LogP contribution >= 0.6 is 0 Å². The van der Waals surface area contributed by atoms with Gasteiger partial charge in [-0.3, -0.25) is 9.59 Å². The third-order valence-electron chi connectivity index (χ3n) is 5.95. The Kier molecular flexibility index (Phi) is 6.53. The highest BCUT2D eigenvalue weighted by Crippen LogP contribution is 2.36. The minimum absolute atomic E-state index is 0.0116. The third kappa shape index (κ3) is 4.75. The molecule has 0 aromatic rings. The van der Waals surface area contributed by atoms with Gasteiger partial charge in [0.25, 0.3) is 0 Å². The van der Waals surface area contributed by atoms with Crippen molar-refractivity contribution in [2.24, 2.45) is 5.92 Å². The molecule has 3 aliphatic heterocycles. The number of amides is 2. The van der Waals surface area contributed by atoms with E-state index in [0.717, 1.165) is 51.6 Å². The number of hydrogen-bond donors (Lipinski definition) is 0. The van der Waals surface area contributed by atoms with Gasteiger partial charge in [-0.2, -0.15) is 0 Å². The zero-order chi connectivity index (χ0) is 18.6. The number of carbonyl (C=O) groups excluding carboxylic acids is 2. The van der Waals surface area contributed by atoms with Crippen molar-refractivity contribution in [3.05, 3.63) is 0 Å². The molecule has 26 heavy (non-hydrogen) atoms. The Labute approximate surface area is 155 Å². The molecule has 0 aliphatic carbocycles. The first-order valence-electron chi connectivity index (χ1n) is 9.81. The largest absolute Gasteiger partial charge is 0.381 e. The Hall–Kier alpha value is -1.18. The summed E-state index contributed by atoms with van der Waals surface area (Å²) in [6.07, 6.45) is 5.08. The van der Waals surface area contributed by atoms with Crippen LogP contribution in [-0.2, 0) is 23.8 Å². The molecule has 3 rings (SSSR count). The van der Waals surface area contributed by atoms with E-state index < -0.39 is 0 Å². The summed E-state index contributed by atoms with van der Waals surface area (Å²) in [6, 6.07) is 0. The molecule has 7 heteroatoms. The molecule has 2 amide bonds. The maximum Gasteiger partial charge on any atom is 0.248 e. The first kappa shape index (κ1) is 19.6. The zero-order valence-electron chi connectivity index (χ0n) is 16.1. The first-order chi connectivity index (χ1) is 12.5.